The van der Waals surface area contributed by atoms with Gasteiger partial charge in [-0.25, -0.2) is 18.4 Å². The van der Waals surface area contributed by atoms with Crippen LogP contribution < -0.4 is 15.5 Å². The molecule has 6 nitrogen and oxygen atoms in total. The van der Waals surface area contributed by atoms with E-state index < -0.39 is 17.7 Å². The van der Waals surface area contributed by atoms with Crippen molar-refractivity contribution >= 4 is 40.7 Å². The van der Waals surface area contributed by atoms with E-state index in [2.05, 4.69) is 10.6 Å². The lowest BCUT2D eigenvalue weighted by atomic mass is 10.1. The minimum Gasteiger partial charge on any atom is -0.320 e. The van der Waals surface area contributed by atoms with E-state index in [9.17, 15) is 18.4 Å². The smallest absolute Gasteiger partial charge is 0.320 e. The highest BCUT2D eigenvalue weighted by Crippen LogP contribution is 2.25. The Morgan fingerprint density at radius 3 is 2.27 bits per heavy atom. The fourth-order valence-corrected chi connectivity index (χ4v) is 3.89. The Morgan fingerprint density at radius 1 is 0.909 bits per heavy atom. The van der Waals surface area contributed by atoms with Gasteiger partial charge in [0.15, 0.2) is 0 Å². The fraction of sp³-hybridized carbons (Fsp3) is 0.167. The molecule has 3 aromatic rings. The molecule has 1 aliphatic rings. The van der Waals surface area contributed by atoms with Crippen LogP contribution >= 0.6 is 11.6 Å². The normalized spacial score (nSPS) is 13.7. The number of amides is 4. The third kappa shape index (κ3) is 5.78. The van der Waals surface area contributed by atoms with Gasteiger partial charge in [-0.3, -0.25) is 4.90 Å². The first-order valence-corrected chi connectivity index (χ1v) is 10.7. The first-order chi connectivity index (χ1) is 15.9. The van der Waals surface area contributed by atoms with Crippen molar-refractivity contribution in [3.63, 3.8) is 0 Å². The van der Waals surface area contributed by atoms with E-state index in [0.29, 0.717) is 47.2 Å². The van der Waals surface area contributed by atoms with Crippen LogP contribution in [0.4, 0.5) is 35.4 Å². The predicted molar refractivity (Wildman–Crippen MR) is 125 cm³/mol. The fourth-order valence-electron chi connectivity index (χ4n) is 3.70. The SMILES string of the molecule is O=C(Nc1cccc(Cl)c1)Nc1cccc(N2CCCN(Cc3cc(F)cc(F)c3)C2=O)c1. The molecule has 0 aromatic heterocycles. The number of carbonyl (C=O) groups is 2. The highest BCUT2D eigenvalue weighted by atomic mass is 35.5. The minimum atomic E-state index is -0.679. The average molecular weight is 471 g/mol. The Hall–Kier alpha value is -3.65. The molecule has 0 spiro atoms. The van der Waals surface area contributed by atoms with Crippen LogP contribution in [0.25, 0.3) is 0 Å². The molecule has 0 saturated carbocycles. The van der Waals surface area contributed by atoms with Crippen LogP contribution in [-0.2, 0) is 6.54 Å². The third-order valence-electron chi connectivity index (χ3n) is 5.11. The van der Waals surface area contributed by atoms with E-state index in [1.807, 2.05) is 0 Å². The van der Waals surface area contributed by atoms with Crippen molar-refractivity contribution in [2.24, 2.45) is 0 Å². The zero-order valence-electron chi connectivity index (χ0n) is 17.5. The molecule has 3 aromatic carbocycles. The zero-order valence-corrected chi connectivity index (χ0v) is 18.3. The van der Waals surface area contributed by atoms with Gasteiger partial charge in [-0.05, 0) is 60.5 Å². The van der Waals surface area contributed by atoms with Crippen LogP contribution in [0.15, 0.2) is 66.7 Å². The Bertz CT molecular complexity index is 1170. The number of nitrogens with zero attached hydrogens (tertiary/aromatic N) is 2. The van der Waals surface area contributed by atoms with Crippen molar-refractivity contribution in [3.05, 3.63) is 89.0 Å². The molecule has 2 N–H and O–H groups in total. The summed E-state index contributed by atoms with van der Waals surface area (Å²) in [6.45, 7) is 1.07. The van der Waals surface area contributed by atoms with Gasteiger partial charge in [0.1, 0.15) is 11.6 Å². The number of hydrogen-bond donors (Lipinski definition) is 2. The lowest BCUT2D eigenvalue weighted by Gasteiger charge is -2.36. The highest BCUT2D eigenvalue weighted by molar-refractivity contribution is 6.30. The van der Waals surface area contributed by atoms with Gasteiger partial charge in [0.25, 0.3) is 0 Å². The molecule has 0 aliphatic carbocycles. The van der Waals surface area contributed by atoms with Gasteiger partial charge in [-0.15, -0.1) is 0 Å². The molecule has 1 fully saturated rings. The van der Waals surface area contributed by atoms with Crippen molar-refractivity contribution < 1.29 is 18.4 Å². The standard InChI is InChI=1S/C24H21ClF2N4O2/c25-17-4-1-5-20(12-17)28-23(32)29-21-6-2-7-22(14-21)31-9-3-8-30(24(31)33)15-16-10-18(26)13-19(27)11-16/h1-2,4-7,10-14H,3,8-9,15H2,(H2,28,29,32). The number of benzene rings is 3. The third-order valence-corrected chi connectivity index (χ3v) is 5.34. The van der Waals surface area contributed by atoms with Crippen molar-refractivity contribution in [2.45, 2.75) is 13.0 Å². The lowest BCUT2D eigenvalue weighted by Crippen LogP contribution is -2.49. The summed E-state index contributed by atoms with van der Waals surface area (Å²) in [6, 6.07) is 16.2. The summed E-state index contributed by atoms with van der Waals surface area (Å²) in [6.07, 6.45) is 0.691. The zero-order chi connectivity index (χ0) is 23.4. The minimum absolute atomic E-state index is 0.101. The molecule has 33 heavy (non-hydrogen) atoms. The number of anilines is 3. The first-order valence-electron chi connectivity index (χ1n) is 10.3. The largest absolute Gasteiger partial charge is 0.324 e. The van der Waals surface area contributed by atoms with E-state index in [1.165, 1.54) is 12.1 Å². The van der Waals surface area contributed by atoms with Gasteiger partial charge in [-0.2, -0.15) is 0 Å². The molecule has 1 aliphatic heterocycles. The van der Waals surface area contributed by atoms with E-state index >= 15 is 0 Å². The van der Waals surface area contributed by atoms with Crippen LogP contribution in [-0.4, -0.2) is 30.1 Å². The predicted octanol–water partition coefficient (Wildman–Crippen LogP) is 6.09. The van der Waals surface area contributed by atoms with Gasteiger partial charge in [-0.1, -0.05) is 23.7 Å². The van der Waals surface area contributed by atoms with Gasteiger partial charge in [0, 0.05) is 47.8 Å². The van der Waals surface area contributed by atoms with Crippen molar-refractivity contribution in [1.82, 2.24) is 4.90 Å². The van der Waals surface area contributed by atoms with Gasteiger partial charge >= 0.3 is 12.1 Å². The summed E-state index contributed by atoms with van der Waals surface area (Å²) >= 11 is 5.94. The first kappa shape index (κ1) is 22.5. The second-order valence-corrected chi connectivity index (χ2v) is 8.06. The van der Waals surface area contributed by atoms with Gasteiger partial charge in [0.05, 0.1) is 0 Å². The maximum Gasteiger partial charge on any atom is 0.324 e. The van der Waals surface area contributed by atoms with Crippen molar-refractivity contribution in [1.29, 1.82) is 0 Å². The van der Waals surface area contributed by atoms with Crippen LogP contribution in [0.5, 0.6) is 0 Å². The van der Waals surface area contributed by atoms with E-state index in [-0.39, 0.29) is 12.6 Å². The molecule has 0 radical (unpaired) electrons. The summed E-state index contributed by atoms with van der Waals surface area (Å²) in [5.74, 6) is -1.36. The number of urea groups is 2. The molecule has 0 atom stereocenters. The topological polar surface area (TPSA) is 64.7 Å². The molecular formula is C24H21ClF2N4O2. The monoisotopic (exact) mass is 470 g/mol. The number of halogens is 3. The summed E-state index contributed by atoms with van der Waals surface area (Å²) in [4.78, 5) is 28.5. The van der Waals surface area contributed by atoms with Crippen LogP contribution in [0.1, 0.15) is 12.0 Å². The molecular weight excluding hydrogens is 450 g/mol. The maximum atomic E-state index is 13.5. The quantitative estimate of drug-likeness (QED) is 0.473. The number of carbonyl (C=O) groups excluding carboxylic acids is 2. The van der Waals surface area contributed by atoms with E-state index in [1.54, 1.807) is 58.3 Å². The van der Waals surface area contributed by atoms with Crippen molar-refractivity contribution in [2.75, 3.05) is 28.6 Å². The van der Waals surface area contributed by atoms with E-state index in [0.717, 1.165) is 6.07 Å². The van der Waals surface area contributed by atoms with Crippen molar-refractivity contribution in [3.8, 4) is 0 Å². The Balaban J connectivity index is 1.44. The summed E-state index contributed by atoms with van der Waals surface area (Å²) in [7, 11) is 0. The Morgan fingerprint density at radius 2 is 1.58 bits per heavy atom. The second-order valence-electron chi connectivity index (χ2n) is 7.63. The maximum absolute atomic E-state index is 13.5. The molecule has 0 bridgehead atoms. The van der Waals surface area contributed by atoms with Crippen LogP contribution in [0, 0.1) is 11.6 Å². The summed E-state index contributed by atoms with van der Waals surface area (Å²) < 4.78 is 27.1. The Kier molecular flexibility index (Phi) is 6.74. The second kappa shape index (κ2) is 9.87. The highest BCUT2D eigenvalue weighted by Gasteiger charge is 2.27. The number of hydrogen-bond acceptors (Lipinski definition) is 2. The van der Waals surface area contributed by atoms with E-state index in [4.69, 9.17) is 11.6 Å². The lowest BCUT2D eigenvalue weighted by molar-refractivity contribution is 0.192. The average Bonchev–Trinajstić information content (AvgIpc) is 2.74. The van der Waals surface area contributed by atoms with Crippen LogP contribution in [0.2, 0.25) is 5.02 Å². The van der Waals surface area contributed by atoms with Gasteiger partial charge in [0.2, 0.25) is 0 Å². The molecule has 4 rings (SSSR count). The van der Waals surface area contributed by atoms with Gasteiger partial charge < -0.3 is 15.5 Å². The molecule has 1 saturated heterocycles. The number of nitrogens with one attached hydrogen (secondary N) is 2. The van der Waals surface area contributed by atoms with Crippen LogP contribution in [0.3, 0.4) is 0 Å². The summed E-state index contributed by atoms with van der Waals surface area (Å²) in [5, 5.41) is 5.94. The molecule has 4 amide bonds. The molecule has 170 valence electrons. The molecule has 9 heteroatoms. The Labute approximate surface area is 194 Å². The summed E-state index contributed by atoms with van der Waals surface area (Å²) in [5.41, 5.74) is 2.04. The number of rotatable bonds is 5. The molecule has 1 heterocycles. The molecule has 0 unspecified atom stereocenters.